The summed E-state index contributed by atoms with van der Waals surface area (Å²) in [4.78, 5) is 23.0. The predicted molar refractivity (Wildman–Crippen MR) is 92.7 cm³/mol. The molecule has 0 unspecified atom stereocenters. The molecular formula is C19H21FN2O2. The molecule has 0 saturated heterocycles. The lowest BCUT2D eigenvalue weighted by Crippen LogP contribution is -2.23. The van der Waals surface area contributed by atoms with Crippen molar-refractivity contribution >= 4 is 17.4 Å². The minimum atomic E-state index is -0.203. The van der Waals surface area contributed by atoms with Gasteiger partial charge in [-0.3, -0.25) is 9.59 Å². The number of carbonyl (C=O) groups is 2. The number of halogens is 1. The van der Waals surface area contributed by atoms with Crippen molar-refractivity contribution in [1.29, 1.82) is 0 Å². The highest BCUT2D eigenvalue weighted by Gasteiger charge is 2.04. The molecule has 0 atom stereocenters. The maximum Gasteiger partial charge on any atom is 0.225 e. The van der Waals surface area contributed by atoms with Crippen molar-refractivity contribution in [2.45, 2.75) is 19.8 Å². The second-order valence-corrected chi connectivity index (χ2v) is 5.52. The molecule has 4 nitrogen and oxygen atoms in total. The van der Waals surface area contributed by atoms with Crippen LogP contribution >= 0.6 is 0 Å². The van der Waals surface area contributed by atoms with Gasteiger partial charge in [0.2, 0.25) is 5.91 Å². The van der Waals surface area contributed by atoms with Crippen molar-refractivity contribution in [1.82, 2.24) is 5.32 Å². The van der Waals surface area contributed by atoms with Crippen LogP contribution < -0.4 is 10.6 Å². The van der Waals surface area contributed by atoms with E-state index in [0.717, 1.165) is 0 Å². The minimum absolute atomic E-state index is 0.00747. The first-order chi connectivity index (χ1) is 11.6. The second-order valence-electron chi connectivity index (χ2n) is 5.52. The first-order valence-electron chi connectivity index (χ1n) is 7.91. The quantitative estimate of drug-likeness (QED) is 0.578. The smallest absolute Gasteiger partial charge is 0.225 e. The molecule has 126 valence electrons. The predicted octanol–water partition coefficient (Wildman–Crippen LogP) is 3.19. The summed E-state index contributed by atoms with van der Waals surface area (Å²) in [5.41, 5.74) is 1.94. The number of hydrogen-bond donors (Lipinski definition) is 2. The van der Waals surface area contributed by atoms with E-state index in [1.807, 2.05) is 6.07 Å². The molecule has 24 heavy (non-hydrogen) atoms. The number of amides is 1. The number of carbonyl (C=O) groups excluding carboxylic acids is 2. The fourth-order valence-electron chi connectivity index (χ4n) is 2.26. The molecule has 1 amide bonds. The molecule has 5 heteroatoms. The van der Waals surface area contributed by atoms with Gasteiger partial charge in [0.1, 0.15) is 5.82 Å². The molecule has 2 N–H and O–H groups in total. The third-order valence-electron chi connectivity index (χ3n) is 3.63. The van der Waals surface area contributed by atoms with Crippen LogP contribution in [0.3, 0.4) is 0 Å². The molecule has 0 aliphatic rings. The van der Waals surface area contributed by atoms with Crippen molar-refractivity contribution in [3.8, 4) is 0 Å². The maximum absolute atomic E-state index is 13.4. The first kappa shape index (κ1) is 17.8. The summed E-state index contributed by atoms with van der Waals surface area (Å²) in [6, 6.07) is 13.5. The largest absolute Gasteiger partial charge is 0.326 e. The van der Waals surface area contributed by atoms with E-state index in [0.29, 0.717) is 42.7 Å². The minimum Gasteiger partial charge on any atom is -0.326 e. The lowest BCUT2D eigenvalue weighted by atomic mass is 10.1. The van der Waals surface area contributed by atoms with Crippen LogP contribution in [0.15, 0.2) is 48.5 Å². The van der Waals surface area contributed by atoms with Crippen molar-refractivity contribution in [2.24, 2.45) is 0 Å². The zero-order valence-corrected chi connectivity index (χ0v) is 13.6. The normalized spacial score (nSPS) is 10.4. The van der Waals surface area contributed by atoms with Crippen LogP contribution in [-0.2, 0) is 11.2 Å². The number of hydrogen-bond acceptors (Lipinski definition) is 3. The van der Waals surface area contributed by atoms with Crippen molar-refractivity contribution in [3.05, 3.63) is 65.5 Å². The Morgan fingerprint density at radius 3 is 2.38 bits per heavy atom. The molecule has 0 heterocycles. The summed E-state index contributed by atoms with van der Waals surface area (Å²) < 4.78 is 13.4. The fraction of sp³-hybridized carbons (Fsp3) is 0.263. The summed E-state index contributed by atoms with van der Waals surface area (Å²) in [6.45, 7) is 2.63. The van der Waals surface area contributed by atoms with E-state index in [1.54, 1.807) is 36.4 Å². The Morgan fingerprint density at radius 1 is 1.00 bits per heavy atom. The molecular weight excluding hydrogens is 307 g/mol. The summed E-state index contributed by atoms with van der Waals surface area (Å²) in [5.74, 6) is -0.318. The Kier molecular flexibility index (Phi) is 6.63. The Morgan fingerprint density at radius 2 is 1.71 bits per heavy atom. The maximum atomic E-state index is 13.4. The highest BCUT2D eigenvalue weighted by molar-refractivity contribution is 5.95. The molecule has 0 fully saturated rings. The summed E-state index contributed by atoms with van der Waals surface area (Å²) in [7, 11) is 0. The van der Waals surface area contributed by atoms with Gasteiger partial charge in [0, 0.05) is 24.2 Å². The zero-order chi connectivity index (χ0) is 17.4. The standard InChI is InChI=1S/C19H21FN2O2/c1-14(23)15-6-8-17(9-7-15)22-19(24)11-13-21-12-10-16-4-2-3-5-18(16)20/h2-9,21H,10-13H2,1H3,(H,22,24). The summed E-state index contributed by atoms with van der Waals surface area (Å²) >= 11 is 0. The Labute approximate surface area is 141 Å². The van der Waals surface area contributed by atoms with Gasteiger partial charge in [0.15, 0.2) is 5.78 Å². The highest BCUT2D eigenvalue weighted by atomic mass is 19.1. The van der Waals surface area contributed by atoms with Gasteiger partial charge in [-0.05, 0) is 55.8 Å². The molecule has 2 aromatic rings. The van der Waals surface area contributed by atoms with Crippen molar-refractivity contribution in [3.63, 3.8) is 0 Å². The van der Waals surface area contributed by atoms with Gasteiger partial charge >= 0.3 is 0 Å². The average molecular weight is 328 g/mol. The topological polar surface area (TPSA) is 58.2 Å². The van der Waals surface area contributed by atoms with Crippen LogP contribution in [0.1, 0.15) is 29.3 Å². The van der Waals surface area contributed by atoms with Gasteiger partial charge in [-0.15, -0.1) is 0 Å². The lowest BCUT2D eigenvalue weighted by Gasteiger charge is -2.07. The van der Waals surface area contributed by atoms with Crippen LogP contribution in [0.4, 0.5) is 10.1 Å². The summed E-state index contributed by atoms with van der Waals surface area (Å²) in [6.07, 6.45) is 0.909. The van der Waals surface area contributed by atoms with E-state index < -0.39 is 0 Å². The van der Waals surface area contributed by atoms with Gasteiger partial charge in [-0.2, -0.15) is 0 Å². The van der Waals surface area contributed by atoms with Crippen molar-refractivity contribution < 1.29 is 14.0 Å². The number of rotatable bonds is 8. The van der Waals surface area contributed by atoms with E-state index in [9.17, 15) is 14.0 Å². The molecule has 2 aromatic carbocycles. The van der Waals surface area contributed by atoms with E-state index in [1.165, 1.54) is 13.0 Å². The SMILES string of the molecule is CC(=O)c1ccc(NC(=O)CCNCCc2ccccc2F)cc1. The van der Waals surface area contributed by atoms with Crippen LogP contribution in [-0.4, -0.2) is 24.8 Å². The van der Waals surface area contributed by atoms with Crippen LogP contribution in [0.25, 0.3) is 0 Å². The van der Waals surface area contributed by atoms with Crippen LogP contribution in [0.5, 0.6) is 0 Å². The van der Waals surface area contributed by atoms with Gasteiger partial charge in [0.25, 0.3) is 0 Å². The fourth-order valence-corrected chi connectivity index (χ4v) is 2.26. The molecule has 2 rings (SSSR count). The number of ketones is 1. The molecule has 0 aromatic heterocycles. The number of Topliss-reactive ketones (excluding diaryl/α,β-unsaturated/α-hetero) is 1. The van der Waals surface area contributed by atoms with E-state index in [4.69, 9.17) is 0 Å². The number of anilines is 1. The van der Waals surface area contributed by atoms with Gasteiger partial charge in [0.05, 0.1) is 0 Å². The Bertz CT molecular complexity index is 699. The third kappa shape index (κ3) is 5.59. The zero-order valence-electron chi connectivity index (χ0n) is 13.6. The van der Waals surface area contributed by atoms with Crippen molar-refractivity contribution in [2.75, 3.05) is 18.4 Å². The molecule has 0 spiro atoms. The molecule has 0 aliphatic carbocycles. The lowest BCUT2D eigenvalue weighted by molar-refractivity contribution is -0.116. The molecule has 0 aliphatic heterocycles. The molecule has 0 saturated carbocycles. The number of benzene rings is 2. The monoisotopic (exact) mass is 328 g/mol. The second kappa shape index (κ2) is 8.93. The molecule has 0 bridgehead atoms. The Balaban J connectivity index is 1.66. The van der Waals surface area contributed by atoms with Gasteiger partial charge in [-0.1, -0.05) is 18.2 Å². The van der Waals surface area contributed by atoms with E-state index in [-0.39, 0.29) is 17.5 Å². The van der Waals surface area contributed by atoms with Gasteiger partial charge < -0.3 is 10.6 Å². The Hall–Kier alpha value is -2.53. The highest BCUT2D eigenvalue weighted by Crippen LogP contribution is 2.10. The van der Waals surface area contributed by atoms with E-state index >= 15 is 0 Å². The summed E-state index contributed by atoms with van der Waals surface area (Å²) in [5, 5.41) is 5.91. The van der Waals surface area contributed by atoms with Gasteiger partial charge in [-0.25, -0.2) is 4.39 Å². The molecule has 0 radical (unpaired) electrons. The first-order valence-corrected chi connectivity index (χ1v) is 7.91. The van der Waals surface area contributed by atoms with Crippen LogP contribution in [0.2, 0.25) is 0 Å². The number of nitrogens with one attached hydrogen (secondary N) is 2. The van der Waals surface area contributed by atoms with E-state index in [2.05, 4.69) is 10.6 Å². The van der Waals surface area contributed by atoms with Crippen LogP contribution in [0, 0.1) is 5.82 Å². The average Bonchev–Trinajstić information content (AvgIpc) is 2.56. The third-order valence-corrected chi connectivity index (χ3v) is 3.63.